The van der Waals surface area contributed by atoms with Gasteiger partial charge in [-0.25, -0.2) is 23.2 Å². The van der Waals surface area contributed by atoms with Crippen LogP contribution in [0.2, 0.25) is 0 Å². The lowest BCUT2D eigenvalue weighted by Crippen LogP contribution is -2.47. The molecule has 8 heteroatoms. The number of aromatic nitrogens is 2. The van der Waals surface area contributed by atoms with E-state index in [2.05, 4.69) is 9.97 Å². The number of rotatable bonds is 1. The summed E-state index contributed by atoms with van der Waals surface area (Å²) in [6.45, 7) is 9.98. The van der Waals surface area contributed by atoms with E-state index in [0.29, 0.717) is 18.8 Å². The summed E-state index contributed by atoms with van der Waals surface area (Å²) < 4.78 is 28.7. The molecule has 1 aromatic rings. The fourth-order valence-corrected chi connectivity index (χ4v) is 3.04. The van der Waals surface area contributed by atoms with Gasteiger partial charge in [0.1, 0.15) is 5.60 Å². The van der Waals surface area contributed by atoms with Crippen LogP contribution in [0.5, 0.6) is 0 Å². The summed E-state index contributed by atoms with van der Waals surface area (Å²) in [6.07, 6.45) is 2.16. The maximum atomic E-state index is 12.3. The van der Waals surface area contributed by atoms with Crippen molar-refractivity contribution in [1.82, 2.24) is 14.9 Å². The van der Waals surface area contributed by atoms with Gasteiger partial charge in [0.15, 0.2) is 0 Å². The van der Waals surface area contributed by atoms with Crippen molar-refractivity contribution in [3.05, 3.63) is 17.5 Å². The first kappa shape index (κ1) is 17.7. The van der Waals surface area contributed by atoms with E-state index in [1.807, 2.05) is 34.6 Å². The second-order valence-electron chi connectivity index (χ2n) is 7.52. The average Bonchev–Trinajstić information content (AvgIpc) is 2.34. The molecule has 2 rings (SSSR count). The minimum Gasteiger partial charge on any atom is -0.444 e. The SMILES string of the molecule is CC(C)(C)OC(=O)N1Cc2cnc(S(C)(=O)=O)nc2C(C)(C)C1. The van der Waals surface area contributed by atoms with Gasteiger partial charge in [-0.2, -0.15) is 0 Å². The van der Waals surface area contributed by atoms with Crippen molar-refractivity contribution < 1.29 is 17.9 Å². The van der Waals surface area contributed by atoms with E-state index in [0.717, 1.165) is 11.8 Å². The smallest absolute Gasteiger partial charge is 0.410 e. The van der Waals surface area contributed by atoms with Crippen molar-refractivity contribution in [3.8, 4) is 0 Å². The first-order chi connectivity index (χ1) is 10.3. The zero-order valence-electron chi connectivity index (χ0n) is 14.4. The Balaban J connectivity index is 2.36. The molecule has 0 aromatic carbocycles. The van der Waals surface area contributed by atoms with E-state index in [9.17, 15) is 13.2 Å². The van der Waals surface area contributed by atoms with E-state index in [-0.39, 0.29) is 5.16 Å². The van der Waals surface area contributed by atoms with Crippen LogP contribution in [0, 0.1) is 0 Å². The number of fused-ring (bicyclic) bond motifs is 1. The van der Waals surface area contributed by atoms with E-state index in [4.69, 9.17) is 4.74 Å². The third-order valence-electron chi connectivity index (χ3n) is 3.41. The zero-order chi connectivity index (χ0) is 17.6. The number of ether oxygens (including phenoxy) is 1. The van der Waals surface area contributed by atoms with Crippen LogP contribution < -0.4 is 0 Å². The molecule has 0 aliphatic carbocycles. The predicted molar refractivity (Wildman–Crippen MR) is 84.8 cm³/mol. The quantitative estimate of drug-likeness (QED) is 0.725. The number of nitrogens with zero attached hydrogens (tertiary/aromatic N) is 3. The molecule has 7 nitrogen and oxygen atoms in total. The van der Waals surface area contributed by atoms with Gasteiger partial charge in [-0.1, -0.05) is 13.8 Å². The van der Waals surface area contributed by atoms with Crippen LogP contribution in [-0.2, 0) is 26.5 Å². The van der Waals surface area contributed by atoms with Gasteiger partial charge in [-0.3, -0.25) is 0 Å². The Morgan fingerprint density at radius 2 is 1.96 bits per heavy atom. The summed E-state index contributed by atoms with van der Waals surface area (Å²) in [5.41, 5.74) is 0.331. The van der Waals surface area contributed by atoms with Crippen molar-refractivity contribution in [2.24, 2.45) is 0 Å². The fourth-order valence-electron chi connectivity index (χ4n) is 2.54. The summed E-state index contributed by atoms with van der Waals surface area (Å²) in [5, 5.41) is -0.185. The minimum atomic E-state index is -3.47. The van der Waals surface area contributed by atoms with Gasteiger partial charge in [0, 0.05) is 30.0 Å². The van der Waals surface area contributed by atoms with Crippen molar-refractivity contribution in [3.63, 3.8) is 0 Å². The molecule has 0 fully saturated rings. The average molecular weight is 341 g/mol. The topological polar surface area (TPSA) is 89.5 Å². The van der Waals surface area contributed by atoms with Gasteiger partial charge < -0.3 is 9.64 Å². The highest BCUT2D eigenvalue weighted by atomic mass is 32.2. The third-order valence-corrected chi connectivity index (χ3v) is 4.27. The number of carbonyl (C=O) groups is 1. The van der Waals surface area contributed by atoms with Crippen LogP contribution in [0.1, 0.15) is 45.9 Å². The van der Waals surface area contributed by atoms with Gasteiger partial charge >= 0.3 is 6.09 Å². The number of amides is 1. The number of hydrogen-bond acceptors (Lipinski definition) is 6. The molecule has 1 aliphatic rings. The normalized spacial score (nSPS) is 17.6. The van der Waals surface area contributed by atoms with Crippen molar-refractivity contribution >= 4 is 15.9 Å². The van der Waals surface area contributed by atoms with Crippen LogP contribution >= 0.6 is 0 Å². The van der Waals surface area contributed by atoms with Crippen LogP contribution in [0.25, 0.3) is 0 Å². The largest absolute Gasteiger partial charge is 0.444 e. The standard InChI is InChI=1S/C15H23N3O4S/c1-14(2,3)22-13(19)18-8-10-7-16-12(23(6,20)21)17-11(10)15(4,5)9-18/h7H,8-9H2,1-6H3. The Labute approximate surface area is 137 Å². The lowest BCUT2D eigenvalue weighted by atomic mass is 9.83. The van der Waals surface area contributed by atoms with E-state index < -0.39 is 26.9 Å². The third kappa shape index (κ3) is 3.99. The van der Waals surface area contributed by atoms with Gasteiger partial charge in [0.25, 0.3) is 0 Å². The van der Waals surface area contributed by atoms with Gasteiger partial charge in [-0.05, 0) is 20.8 Å². The summed E-state index contributed by atoms with van der Waals surface area (Å²) in [4.78, 5) is 22.0. The Morgan fingerprint density at radius 1 is 1.35 bits per heavy atom. The maximum Gasteiger partial charge on any atom is 0.410 e. The van der Waals surface area contributed by atoms with E-state index in [1.165, 1.54) is 6.20 Å². The molecule has 0 radical (unpaired) electrons. The lowest BCUT2D eigenvalue weighted by Gasteiger charge is -2.39. The molecule has 0 N–H and O–H groups in total. The molecule has 0 spiro atoms. The van der Waals surface area contributed by atoms with Crippen molar-refractivity contribution in [2.45, 2.75) is 57.3 Å². The molecule has 128 valence electrons. The number of hydrogen-bond donors (Lipinski definition) is 0. The second-order valence-corrected chi connectivity index (χ2v) is 9.43. The summed E-state index contributed by atoms with van der Waals surface area (Å²) in [7, 11) is -3.47. The highest BCUT2D eigenvalue weighted by Gasteiger charge is 2.37. The molecule has 1 aliphatic heterocycles. The summed E-state index contributed by atoms with van der Waals surface area (Å²) in [6, 6.07) is 0. The number of sulfone groups is 1. The Kier molecular flexibility index (Phi) is 4.17. The van der Waals surface area contributed by atoms with Crippen LogP contribution in [0.15, 0.2) is 11.4 Å². The first-order valence-electron chi connectivity index (χ1n) is 7.34. The van der Waals surface area contributed by atoms with Crippen molar-refractivity contribution in [2.75, 3.05) is 12.8 Å². The summed E-state index contributed by atoms with van der Waals surface area (Å²) >= 11 is 0. The molecular formula is C15H23N3O4S. The Bertz CT molecular complexity index is 736. The molecule has 23 heavy (non-hydrogen) atoms. The Hall–Kier alpha value is -1.70. The van der Waals surface area contributed by atoms with Gasteiger partial charge in [0.2, 0.25) is 15.0 Å². The molecular weight excluding hydrogens is 318 g/mol. The van der Waals surface area contributed by atoms with Gasteiger partial charge in [-0.15, -0.1) is 0 Å². The zero-order valence-corrected chi connectivity index (χ0v) is 15.2. The van der Waals surface area contributed by atoms with E-state index in [1.54, 1.807) is 4.90 Å². The minimum absolute atomic E-state index is 0.185. The molecule has 0 atom stereocenters. The van der Waals surface area contributed by atoms with E-state index >= 15 is 0 Å². The molecule has 0 bridgehead atoms. The molecule has 0 unspecified atom stereocenters. The lowest BCUT2D eigenvalue weighted by molar-refractivity contribution is 0.0170. The van der Waals surface area contributed by atoms with Gasteiger partial charge in [0.05, 0.1) is 12.2 Å². The summed E-state index contributed by atoms with van der Waals surface area (Å²) in [5.74, 6) is 0. The second kappa shape index (κ2) is 5.43. The highest BCUT2D eigenvalue weighted by molar-refractivity contribution is 7.90. The number of carbonyl (C=O) groups excluding carboxylic acids is 1. The first-order valence-corrected chi connectivity index (χ1v) is 9.23. The molecule has 0 saturated heterocycles. The Morgan fingerprint density at radius 3 is 2.48 bits per heavy atom. The maximum absolute atomic E-state index is 12.3. The van der Waals surface area contributed by atoms with Crippen LogP contribution in [-0.4, -0.2) is 47.8 Å². The van der Waals surface area contributed by atoms with Crippen molar-refractivity contribution in [1.29, 1.82) is 0 Å². The monoisotopic (exact) mass is 341 g/mol. The van der Waals surface area contributed by atoms with Crippen LogP contribution in [0.4, 0.5) is 4.79 Å². The fraction of sp³-hybridized carbons (Fsp3) is 0.667. The highest BCUT2D eigenvalue weighted by Crippen LogP contribution is 2.32. The molecule has 1 aromatic heterocycles. The molecule has 1 amide bonds. The molecule has 2 heterocycles. The molecule has 0 saturated carbocycles. The van der Waals surface area contributed by atoms with Crippen LogP contribution in [0.3, 0.4) is 0 Å². The predicted octanol–water partition coefficient (Wildman–Crippen LogP) is 1.91.